The number of halogens is 2. The highest BCUT2D eigenvalue weighted by atomic mass is 35.5. The smallest absolute Gasteiger partial charge is 0.134 e. The molecule has 180 valence electrons. The first-order valence-corrected chi connectivity index (χ1v) is 13.2. The standard InChI is InChI=1S/C29H23Cl2N3OS/c30-23-9-8-22(27(31)14-23)19-35-24-10-6-20(7-11-24)16-33-29-26(15-32)25-12-13-34(18-28(25)36-29)17-21-4-2-1-3-5-21/h1-11,14,16H,12-13,17-19H2. The number of nitrogens with zero attached hydrogens (tertiary/aromatic N) is 3. The molecule has 0 N–H and O–H groups in total. The first-order chi connectivity index (χ1) is 17.6. The van der Waals surface area contributed by atoms with Gasteiger partial charge in [-0.2, -0.15) is 5.26 Å². The van der Waals surface area contributed by atoms with Gasteiger partial charge in [-0.3, -0.25) is 4.90 Å². The van der Waals surface area contributed by atoms with Crippen LogP contribution in [0.4, 0.5) is 5.00 Å². The zero-order valence-corrected chi connectivity index (χ0v) is 21.8. The van der Waals surface area contributed by atoms with Crippen molar-refractivity contribution in [2.75, 3.05) is 6.54 Å². The molecular formula is C29H23Cl2N3OS. The number of ether oxygens (including phenoxy) is 1. The van der Waals surface area contributed by atoms with Crippen molar-refractivity contribution in [3.8, 4) is 11.8 Å². The first-order valence-electron chi connectivity index (χ1n) is 11.6. The largest absolute Gasteiger partial charge is 0.489 e. The van der Waals surface area contributed by atoms with E-state index in [0.717, 1.165) is 53.5 Å². The summed E-state index contributed by atoms with van der Waals surface area (Å²) >= 11 is 13.8. The highest BCUT2D eigenvalue weighted by Gasteiger charge is 2.24. The molecule has 1 aromatic heterocycles. The van der Waals surface area contributed by atoms with Crippen LogP contribution in [-0.4, -0.2) is 17.7 Å². The molecule has 0 spiro atoms. The third-order valence-corrected chi connectivity index (χ3v) is 7.81. The van der Waals surface area contributed by atoms with Gasteiger partial charge >= 0.3 is 0 Å². The zero-order valence-electron chi connectivity index (χ0n) is 19.5. The van der Waals surface area contributed by atoms with E-state index in [2.05, 4.69) is 40.2 Å². The second kappa shape index (κ2) is 11.3. The van der Waals surface area contributed by atoms with Crippen molar-refractivity contribution in [1.29, 1.82) is 5.26 Å². The van der Waals surface area contributed by atoms with Gasteiger partial charge in [0.1, 0.15) is 23.4 Å². The number of benzene rings is 3. The van der Waals surface area contributed by atoms with Gasteiger partial charge in [0.2, 0.25) is 0 Å². The van der Waals surface area contributed by atoms with Crippen molar-refractivity contribution >= 4 is 45.8 Å². The average Bonchev–Trinajstić information content (AvgIpc) is 3.25. The van der Waals surface area contributed by atoms with Gasteiger partial charge in [0.15, 0.2) is 0 Å². The van der Waals surface area contributed by atoms with E-state index in [0.29, 0.717) is 22.2 Å². The molecule has 36 heavy (non-hydrogen) atoms. The van der Waals surface area contributed by atoms with Crippen molar-refractivity contribution < 1.29 is 4.74 Å². The van der Waals surface area contributed by atoms with Gasteiger partial charge in [0.05, 0.1) is 5.56 Å². The van der Waals surface area contributed by atoms with Crippen LogP contribution in [0.2, 0.25) is 10.0 Å². The number of fused-ring (bicyclic) bond motifs is 1. The molecule has 0 unspecified atom stereocenters. The Labute approximate surface area is 225 Å². The Morgan fingerprint density at radius 1 is 1.06 bits per heavy atom. The summed E-state index contributed by atoms with van der Waals surface area (Å²) in [6.45, 7) is 3.07. The second-order valence-electron chi connectivity index (χ2n) is 8.59. The predicted molar refractivity (Wildman–Crippen MR) is 148 cm³/mol. The average molecular weight is 532 g/mol. The Morgan fingerprint density at radius 3 is 2.61 bits per heavy atom. The quantitative estimate of drug-likeness (QED) is 0.228. The summed E-state index contributed by atoms with van der Waals surface area (Å²) in [4.78, 5) is 8.36. The summed E-state index contributed by atoms with van der Waals surface area (Å²) in [6.07, 6.45) is 2.68. The molecule has 0 saturated carbocycles. The molecule has 0 saturated heterocycles. The lowest BCUT2D eigenvalue weighted by molar-refractivity contribution is 0.249. The second-order valence-corrected chi connectivity index (χ2v) is 10.5. The van der Waals surface area contributed by atoms with Crippen LogP contribution in [0.15, 0.2) is 77.8 Å². The molecule has 5 rings (SSSR count). The van der Waals surface area contributed by atoms with E-state index in [4.69, 9.17) is 27.9 Å². The maximum absolute atomic E-state index is 9.82. The van der Waals surface area contributed by atoms with Gasteiger partial charge in [-0.1, -0.05) is 59.6 Å². The minimum Gasteiger partial charge on any atom is -0.489 e. The van der Waals surface area contributed by atoms with Crippen molar-refractivity contribution in [3.05, 3.63) is 116 Å². The summed E-state index contributed by atoms with van der Waals surface area (Å²) in [6, 6.07) is 26.0. The van der Waals surface area contributed by atoms with Crippen molar-refractivity contribution in [1.82, 2.24) is 4.90 Å². The molecule has 7 heteroatoms. The van der Waals surface area contributed by atoms with Crippen LogP contribution in [0.3, 0.4) is 0 Å². The maximum atomic E-state index is 9.82. The molecule has 1 aliphatic rings. The van der Waals surface area contributed by atoms with Gasteiger partial charge < -0.3 is 4.74 Å². The summed E-state index contributed by atoms with van der Waals surface area (Å²) in [5.41, 5.74) is 4.99. The fourth-order valence-electron chi connectivity index (χ4n) is 4.21. The van der Waals surface area contributed by atoms with Crippen LogP contribution in [-0.2, 0) is 26.1 Å². The van der Waals surface area contributed by atoms with Gasteiger partial charge in [-0.25, -0.2) is 4.99 Å². The maximum Gasteiger partial charge on any atom is 0.134 e. The molecule has 0 amide bonds. The van der Waals surface area contributed by atoms with Gasteiger partial charge in [-0.15, -0.1) is 11.3 Å². The van der Waals surface area contributed by atoms with E-state index in [9.17, 15) is 5.26 Å². The van der Waals surface area contributed by atoms with Crippen molar-refractivity contribution in [2.45, 2.75) is 26.1 Å². The van der Waals surface area contributed by atoms with E-state index < -0.39 is 0 Å². The van der Waals surface area contributed by atoms with Crippen LogP contribution in [0.5, 0.6) is 5.75 Å². The summed E-state index contributed by atoms with van der Waals surface area (Å²) in [7, 11) is 0. The molecule has 4 nitrogen and oxygen atoms in total. The number of aliphatic imine (C=N–C) groups is 1. The number of hydrogen-bond acceptors (Lipinski definition) is 5. The van der Waals surface area contributed by atoms with Gasteiger partial charge in [0.25, 0.3) is 0 Å². The summed E-state index contributed by atoms with van der Waals surface area (Å²) in [5.74, 6) is 0.737. The van der Waals surface area contributed by atoms with Crippen LogP contribution >= 0.6 is 34.5 Å². The fraction of sp³-hybridized carbons (Fsp3) is 0.172. The molecule has 1 aliphatic heterocycles. The third kappa shape index (κ3) is 5.80. The lowest BCUT2D eigenvalue weighted by atomic mass is 10.0. The molecule has 3 aromatic carbocycles. The van der Waals surface area contributed by atoms with Crippen molar-refractivity contribution in [3.63, 3.8) is 0 Å². The SMILES string of the molecule is N#Cc1c(N=Cc2ccc(OCc3ccc(Cl)cc3Cl)cc2)sc2c1CCN(Cc1ccccc1)C2. The van der Waals surface area contributed by atoms with E-state index in [1.807, 2.05) is 36.4 Å². The fourth-order valence-corrected chi connectivity index (χ4v) is 5.86. The Balaban J connectivity index is 1.24. The topological polar surface area (TPSA) is 48.6 Å². The molecule has 0 atom stereocenters. The summed E-state index contributed by atoms with van der Waals surface area (Å²) in [5, 5.41) is 11.8. The zero-order chi connectivity index (χ0) is 24.9. The first kappa shape index (κ1) is 24.5. The third-order valence-electron chi connectivity index (χ3n) is 6.10. The lowest BCUT2D eigenvalue weighted by Gasteiger charge is -2.26. The molecule has 0 fully saturated rings. The predicted octanol–water partition coefficient (Wildman–Crippen LogP) is 7.81. The molecule has 2 heterocycles. The van der Waals surface area contributed by atoms with Gasteiger partial charge in [0, 0.05) is 46.3 Å². The monoisotopic (exact) mass is 531 g/mol. The summed E-state index contributed by atoms with van der Waals surface area (Å²) < 4.78 is 5.86. The van der Waals surface area contributed by atoms with E-state index in [-0.39, 0.29) is 0 Å². The van der Waals surface area contributed by atoms with Crippen molar-refractivity contribution in [2.24, 2.45) is 4.99 Å². The van der Waals surface area contributed by atoms with Crippen LogP contribution in [0.25, 0.3) is 0 Å². The minimum atomic E-state index is 0.358. The normalized spacial score (nSPS) is 13.5. The highest BCUT2D eigenvalue weighted by molar-refractivity contribution is 7.16. The number of hydrogen-bond donors (Lipinski definition) is 0. The number of rotatable bonds is 7. The van der Waals surface area contributed by atoms with Crippen LogP contribution in [0.1, 0.15) is 32.7 Å². The van der Waals surface area contributed by atoms with E-state index in [1.165, 1.54) is 10.4 Å². The Morgan fingerprint density at radius 2 is 1.86 bits per heavy atom. The molecule has 0 bridgehead atoms. The van der Waals surface area contributed by atoms with Crippen LogP contribution < -0.4 is 4.74 Å². The highest BCUT2D eigenvalue weighted by Crippen LogP contribution is 2.38. The van der Waals surface area contributed by atoms with Gasteiger partial charge in [-0.05, 0) is 59.5 Å². The Bertz CT molecular complexity index is 1430. The molecule has 4 aromatic rings. The molecule has 0 radical (unpaired) electrons. The van der Waals surface area contributed by atoms with E-state index >= 15 is 0 Å². The Kier molecular flexibility index (Phi) is 7.69. The van der Waals surface area contributed by atoms with Crippen LogP contribution in [0, 0.1) is 11.3 Å². The molecular weight excluding hydrogens is 509 g/mol. The lowest BCUT2D eigenvalue weighted by Crippen LogP contribution is -2.29. The van der Waals surface area contributed by atoms with E-state index in [1.54, 1.807) is 29.7 Å². The minimum absolute atomic E-state index is 0.358. The Hall–Kier alpha value is -3.14. The number of nitriles is 1. The molecule has 0 aliphatic carbocycles. The number of thiophene rings is 1.